The number of thioether (sulfide) groups is 1. The molecule has 1 aromatic rings. The third-order valence-corrected chi connectivity index (χ3v) is 6.09. The summed E-state index contributed by atoms with van der Waals surface area (Å²) < 4.78 is 0. The molecule has 1 aliphatic rings. The Morgan fingerprint density at radius 2 is 2.00 bits per heavy atom. The normalized spacial score (nSPS) is 17.0. The fourth-order valence-corrected chi connectivity index (χ4v) is 4.40. The summed E-state index contributed by atoms with van der Waals surface area (Å²) in [5.41, 5.74) is -0.0253. The summed E-state index contributed by atoms with van der Waals surface area (Å²) in [4.78, 5) is 37.6. The first-order valence-electron chi connectivity index (χ1n) is 11.1. The summed E-state index contributed by atoms with van der Waals surface area (Å²) in [7, 11) is 0. The molecule has 0 saturated carbocycles. The smallest absolute Gasteiger partial charge is 0.230 e. The molecule has 1 saturated heterocycles. The van der Waals surface area contributed by atoms with Gasteiger partial charge in [0.15, 0.2) is 5.16 Å². The van der Waals surface area contributed by atoms with Gasteiger partial charge in [0.25, 0.3) is 0 Å². The second-order valence-corrected chi connectivity index (χ2v) is 10.6. The number of aromatic nitrogens is 2. The van der Waals surface area contributed by atoms with Gasteiger partial charge in [0.2, 0.25) is 11.8 Å². The third kappa shape index (κ3) is 8.85. The Bertz CT molecular complexity index is 756. The highest BCUT2D eigenvalue weighted by Crippen LogP contribution is 2.26. The molecule has 0 radical (unpaired) electrons. The SMILES string of the molecule is CCCCCNC(=O)CSc1nc(Cl)cc(N2CCN(C(=O)CC(C)(C)C)C(C)C2)n1. The van der Waals surface area contributed by atoms with Gasteiger partial charge in [-0.2, -0.15) is 0 Å². The van der Waals surface area contributed by atoms with Crippen molar-refractivity contribution in [1.29, 1.82) is 0 Å². The molecule has 174 valence electrons. The monoisotopic (exact) mass is 469 g/mol. The second-order valence-electron chi connectivity index (χ2n) is 9.30. The number of halogens is 1. The van der Waals surface area contributed by atoms with Gasteiger partial charge in [0.05, 0.1) is 5.75 Å². The first-order valence-corrected chi connectivity index (χ1v) is 12.4. The minimum Gasteiger partial charge on any atom is -0.355 e. The van der Waals surface area contributed by atoms with Crippen molar-refractivity contribution in [2.24, 2.45) is 5.41 Å². The molecular formula is C22H36ClN5O2S. The molecule has 1 atom stereocenters. The average molecular weight is 470 g/mol. The molecule has 0 aliphatic carbocycles. The molecule has 2 amide bonds. The number of nitrogens with one attached hydrogen (secondary N) is 1. The molecular weight excluding hydrogens is 434 g/mol. The van der Waals surface area contributed by atoms with Crippen molar-refractivity contribution in [2.75, 3.05) is 36.8 Å². The number of amides is 2. The van der Waals surface area contributed by atoms with Crippen LogP contribution in [0.15, 0.2) is 11.2 Å². The largest absolute Gasteiger partial charge is 0.355 e. The summed E-state index contributed by atoms with van der Waals surface area (Å²) in [6.45, 7) is 13.2. The Morgan fingerprint density at radius 1 is 1.26 bits per heavy atom. The molecule has 2 rings (SSSR count). The van der Waals surface area contributed by atoms with E-state index < -0.39 is 0 Å². The van der Waals surface area contributed by atoms with Crippen LogP contribution in [-0.2, 0) is 9.59 Å². The van der Waals surface area contributed by atoms with E-state index in [-0.39, 0.29) is 29.0 Å². The summed E-state index contributed by atoms with van der Waals surface area (Å²) >= 11 is 7.52. The van der Waals surface area contributed by atoms with E-state index in [0.717, 1.165) is 25.1 Å². The number of rotatable bonds is 9. The Morgan fingerprint density at radius 3 is 2.65 bits per heavy atom. The summed E-state index contributed by atoms with van der Waals surface area (Å²) in [6.07, 6.45) is 3.77. The highest BCUT2D eigenvalue weighted by atomic mass is 35.5. The number of hydrogen-bond acceptors (Lipinski definition) is 6. The fourth-order valence-electron chi connectivity index (χ4n) is 3.49. The zero-order chi connectivity index (χ0) is 23.0. The van der Waals surface area contributed by atoms with E-state index in [1.165, 1.54) is 11.8 Å². The van der Waals surface area contributed by atoms with E-state index in [4.69, 9.17) is 11.6 Å². The van der Waals surface area contributed by atoms with Crippen LogP contribution >= 0.6 is 23.4 Å². The van der Waals surface area contributed by atoms with Crippen LogP contribution < -0.4 is 10.2 Å². The lowest BCUT2D eigenvalue weighted by Crippen LogP contribution is -2.54. The van der Waals surface area contributed by atoms with Crippen molar-refractivity contribution >= 4 is 41.0 Å². The molecule has 1 fully saturated rings. The zero-order valence-corrected chi connectivity index (χ0v) is 21.0. The van der Waals surface area contributed by atoms with Crippen molar-refractivity contribution < 1.29 is 9.59 Å². The van der Waals surface area contributed by atoms with Gasteiger partial charge in [-0.25, -0.2) is 9.97 Å². The minimum atomic E-state index is -0.0253. The zero-order valence-electron chi connectivity index (χ0n) is 19.4. The predicted octanol–water partition coefficient (Wildman–Crippen LogP) is 4.00. The van der Waals surface area contributed by atoms with Gasteiger partial charge in [0.1, 0.15) is 11.0 Å². The van der Waals surface area contributed by atoms with Crippen LogP contribution in [-0.4, -0.2) is 64.7 Å². The molecule has 1 aromatic heterocycles. The van der Waals surface area contributed by atoms with Gasteiger partial charge < -0.3 is 15.1 Å². The molecule has 1 aliphatic heterocycles. The van der Waals surface area contributed by atoms with E-state index >= 15 is 0 Å². The Kier molecular flexibility index (Phi) is 9.88. The number of hydrogen-bond donors (Lipinski definition) is 1. The molecule has 7 nitrogen and oxygen atoms in total. The van der Waals surface area contributed by atoms with Gasteiger partial charge in [-0.05, 0) is 18.8 Å². The van der Waals surface area contributed by atoms with Crippen LogP contribution in [0.3, 0.4) is 0 Å². The van der Waals surface area contributed by atoms with Crippen molar-refractivity contribution in [1.82, 2.24) is 20.2 Å². The van der Waals surface area contributed by atoms with Crippen LogP contribution in [0.4, 0.5) is 5.82 Å². The number of unbranched alkanes of at least 4 members (excludes halogenated alkanes) is 2. The lowest BCUT2D eigenvalue weighted by Gasteiger charge is -2.41. The van der Waals surface area contributed by atoms with Crippen LogP contribution in [0.25, 0.3) is 0 Å². The molecule has 1 N–H and O–H groups in total. The fraction of sp³-hybridized carbons (Fsp3) is 0.727. The van der Waals surface area contributed by atoms with E-state index in [1.807, 2.05) is 4.90 Å². The van der Waals surface area contributed by atoms with Gasteiger partial charge in [-0.1, -0.05) is 63.9 Å². The van der Waals surface area contributed by atoms with E-state index in [0.29, 0.717) is 42.9 Å². The standard InChI is InChI=1S/C22H36ClN5O2S/c1-6-7-8-9-24-19(29)15-31-21-25-17(23)12-18(26-21)27-10-11-28(16(2)14-27)20(30)13-22(3,4)5/h12,16H,6-11,13-15H2,1-5H3,(H,24,29). The molecule has 0 aromatic carbocycles. The van der Waals surface area contributed by atoms with Crippen molar-refractivity contribution in [2.45, 2.75) is 71.5 Å². The van der Waals surface area contributed by atoms with Crippen LogP contribution in [0.5, 0.6) is 0 Å². The number of piperazine rings is 1. The first kappa shape index (κ1) is 25.7. The van der Waals surface area contributed by atoms with E-state index in [2.05, 4.69) is 54.8 Å². The molecule has 2 heterocycles. The second kappa shape index (κ2) is 11.9. The first-order chi connectivity index (χ1) is 14.6. The van der Waals surface area contributed by atoms with Gasteiger partial charge in [-0.15, -0.1) is 0 Å². The molecule has 1 unspecified atom stereocenters. The Hall–Kier alpha value is -1.54. The van der Waals surface area contributed by atoms with Crippen LogP contribution in [0, 0.1) is 5.41 Å². The number of anilines is 1. The molecule has 0 bridgehead atoms. The molecule has 31 heavy (non-hydrogen) atoms. The maximum absolute atomic E-state index is 12.7. The number of nitrogens with zero attached hydrogens (tertiary/aromatic N) is 4. The average Bonchev–Trinajstić information content (AvgIpc) is 2.68. The van der Waals surface area contributed by atoms with Crippen molar-refractivity contribution in [3.63, 3.8) is 0 Å². The quantitative estimate of drug-likeness (QED) is 0.255. The maximum atomic E-state index is 12.7. The van der Waals surface area contributed by atoms with Crippen molar-refractivity contribution in [3.05, 3.63) is 11.2 Å². The number of carbonyl (C=O) groups excluding carboxylic acids is 2. The third-order valence-electron chi connectivity index (χ3n) is 5.05. The Labute approximate surface area is 195 Å². The maximum Gasteiger partial charge on any atom is 0.230 e. The minimum absolute atomic E-state index is 0.0224. The summed E-state index contributed by atoms with van der Waals surface area (Å²) in [5.74, 6) is 1.17. The van der Waals surface area contributed by atoms with Crippen LogP contribution in [0.2, 0.25) is 5.15 Å². The van der Waals surface area contributed by atoms with Gasteiger partial charge in [-0.3, -0.25) is 9.59 Å². The molecule has 9 heteroatoms. The number of carbonyl (C=O) groups is 2. The lowest BCUT2D eigenvalue weighted by atomic mass is 9.91. The van der Waals surface area contributed by atoms with Gasteiger partial charge >= 0.3 is 0 Å². The summed E-state index contributed by atoms with van der Waals surface area (Å²) in [5, 5.41) is 3.77. The van der Waals surface area contributed by atoms with E-state index in [9.17, 15) is 9.59 Å². The predicted molar refractivity (Wildman–Crippen MR) is 128 cm³/mol. The lowest BCUT2D eigenvalue weighted by molar-refractivity contribution is -0.135. The van der Waals surface area contributed by atoms with Gasteiger partial charge in [0, 0.05) is 44.7 Å². The Balaban J connectivity index is 1.93. The topological polar surface area (TPSA) is 78.4 Å². The van der Waals surface area contributed by atoms with Crippen molar-refractivity contribution in [3.8, 4) is 0 Å². The highest BCUT2D eigenvalue weighted by molar-refractivity contribution is 7.99. The molecule has 0 spiro atoms. The van der Waals surface area contributed by atoms with Crippen LogP contribution in [0.1, 0.15) is 60.3 Å². The summed E-state index contributed by atoms with van der Waals surface area (Å²) in [6, 6.07) is 1.83. The van der Waals surface area contributed by atoms with E-state index in [1.54, 1.807) is 6.07 Å². The highest BCUT2D eigenvalue weighted by Gasteiger charge is 2.30.